The minimum Gasteiger partial charge on any atom is -0.383 e. The molecule has 1 fully saturated rings. The molecule has 34 heavy (non-hydrogen) atoms. The van der Waals surface area contributed by atoms with Gasteiger partial charge in [0.25, 0.3) is 5.91 Å². The molecule has 1 saturated heterocycles. The van der Waals surface area contributed by atoms with Gasteiger partial charge in [-0.3, -0.25) is 10.2 Å². The first kappa shape index (κ1) is 22.7. The molecule has 10 nitrogen and oxygen atoms in total. The van der Waals surface area contributed by atoms with Gasteiger partial charge in [-0.05, 0) is 49.6 Å². The van der Waals surface area contributed by atoms with Crippen LogP contribution in [0.2, 0.25) is 0 Å². The lowest BCUT2D eigenvalue weighted by Crippen LogP contribution is -2.40. The number of anilines is 3. The third-order valence-electron chi connectivity index (χ3n) is 5.62. The number of hydrogen-bond donors (Lipinski definition) is 4. The number of carbonyl (C=O) groups is 1. The molecule has 0 aliphatic carbocycles. The van der Waals surface area contributed by atoms with Crippen molar-refractivity contribution in [2.24, 2.45) is 0 Å². The number of nitrogens with zero attached hydrogens (tertiary/aromatic N) is 5. The number of nitrogens with two attached hydrogens (primary N) is 1. The summed E-state index contributed by atoms with van der Waals surface area (Å²) in [5, 5.41) is 24.1. The molecule has 1 aliphatic heterocycles. The second kappa shape index (κ2) is 9.95. The van der Waals surface area contributed by atoms with Crippen molar-refractivity contribution in [2.75, 3.05) is 29.5 Å². The molecule has 0 radical (unpaired) electrons. The average Bonchev–Trinajstić information content (AvgIpc) is 2.84. The number of benzene rings is 1. The molecular weight excluding hydrogens is 430 g/mol. The number of aryl methyl sites for hydroxylation is 1. The predicted molar refractivity (Wildman–Crippen MR) is 130 cm³/mol. The number of amides is 1. The van der Waals surface area contributed by atoms with Crippen LogP contribution in [0.1, 0.15) is 39.9 Å². The van der Waals surface area contributed by atoms with Crippen LogP contribution in [0, 0.1) is 23.8 Å². The highest BCUT2D eigenvalue weighted by Gasteiger charge is 2.23. The summed E-state index contributed by atoms with van der Waals surface area (Å²) in [7, 11) is 0. The zero-order valence-electron chi connectivity index (χ0n) is 18.7. The quantitative estimate of drug-likeness (QED) is 0.326. The monoisotopic (exact) mass is 455 g/mol. The Morgan fingerprint density at radius 2 is 1.97 bits per heavy atom. The highest BCUT2D eigenvalue weighted by molar-refractivity contribution is 6.16. The number of hydrogen-bond acceptors (Lipinski definition) is 9. The van der Waals surface area contributed by atoms with E-state index in [1.54, 1.807) is 41.4 Å². The van der Waals surface area contributed by atoms with E-state index in [0.717, 1.165) is 24.9 Å². The van der Waals surface area contributed by atoms with Crippen LogP contribution in [0.4, 0.5) is 17.5 Å². The molecule has 4 rings (SSSR count). The molecule has 1 atom stereocenters. The zero-order chi connectivity index (χ0) is 24.1. The average molecular weight is 456 g/mol. The number of rotatable bonds is 6. The number of piperidine rings is 1. The van der Waals surface area contributed by atoms with Gasteiger partial charge >= 0.3 is 0 Å². The third kappa shape index (κ3) is 5.10. The molecule has 1 unspecified atom stereocenters. The first-order valence-corrected chi connectivity index (χ1v) is 10.9. The predicted octanol–water partition coefficient (Wildman–Crippen LogP) is 2.79. The van der Waals surface area contributed by atoms with Crippen molar-refractivity contribution in [2.45, 2.75) is 25.8 Å². The maximum Gasteiger partial charge on any atom is 0.256 e. The summed E-state index contributed by atoms with van der Waals surface area (Å²) in [6.45, 7) is 3.23. The van der Waals surface area contributed by atoms with E-state index in [-0.39, 0.29) is 23.5 Å². The third-order valence-corrected chi connectivity index (χ3v) is 5.62. The minimum absolute atomic E-state index is 0.00977. The van der Waals surface area contributed by atoms with Crippen LogP contribution in [0.25, 0.3) is 0 Å². The Bertz CT molecular complexity index is 1250. The number of nitriles is 1. The molecule has 5 N–H and O–H groups in total. The van der Waals surface area contributed by atoms with E-state index in [2.05, 4.69) is 31.8 Å². The van der Waals surface area contributed by atoms with E-state index in [9.17, 15) is 10.1 Å². The lowest BCUT2D eigenvalue weighted by Gasteiger charge is -2.30. The Balaban J connectivity index is 1.51. The highest BCUT2D eigenvalue weighted by atomic mass is 16.1. The molecule has 1 aromatic carbocycles. The van der Waals surface area contributed by atoms with Crippen molar-refractivity contribution in [3.8, 4) is 6.19 Å². The second-order valence-electron chi connectivity index (χ2n) is 8.14. The maximum absolute atomic E-state index is 12.6. The smallest absolute Gasteiger partial charge is 0.256 e. The summed E-state index contributed by atoms with van der Waals surface area (Å²) in [5.41, 5.74) is 8.66. The fraction of sp³-hybridized carbons (Fsp3) is 0.250. The van der Waals surface area contributed by atoms with Crippen molar-refractivity contribution < 1.29 is 4.79 Å². The molecule has 3 aromatic rings. The molecule has 0 saturated carbocycles. The lowest BCUT2D eigenvalue weighted by atomic mass is 10.0. The standard InChI is InChI=1S/C24H25N9O/c1-15-8-9-28-19(11-15)32-24(34)17-6-4-16(5-7-17)21(26)20-22(27)29-14-30-23(20)31-18-3-2-10-33(12-18)13-25/h4-9,11,14,18,26H,2-3,10,12H2,1H3,(H,28,32,34)(H3,27,29,30,31). The van der Waals surface area contributed by atoms with E-state index in [4.69, 9.17) is 11.1 Å². The molecule has 1 aliphatic rings. The summed E-state index contributed by atoms with van der Waals surface area (Å²) in [6, 6.07) is 10.3. The number of aromatic nitrogens is 3. The van der Waals surface area contributed by atoms with E-state index in [1.165, 1.54) is 6.33 Å². The van der Waals surface area contributed by atoms with Crippen molar-refractivity contribution >= 4 is 29.1 Å². The van der Waals surface area contributed by atoms with Crippen molar-refractivity contribution in [3.05, 3.63) is 71.2 Å². The van der Waals surface area contributed by atoms with Crippen LogP contribution in [0.3, 0.4) is 0 Å². The normalized spacial score (nSPS) is 15.3. The van der Waals surface area contributed by atoms with Crippen LogP contribution < -0.4 is 16.4 Å². The van der Waals surface area contributed by atoms with Crippen molar-refractivity contribution in [1.29, 1.82) is 10.7 Å². The SMILES string of the molecule is Cc1ccnc(NC(=O)c2ccc(C(=N)c3c(N)ncnc3NC3CCCN(C#N)C3)cc2)c1. The molecule has 2 aromatic heterocycles. The van der Waals surface area contributed by atoms with E-state index in [0.29, 0.717) is 34.9 Å². The van der Waals surface area contributed by atoms with Crippen LogP contribution in [-0.2, 0) is 0 Å². The molecule has 1 amide bonds. The van der Waals surface area contributed by atoms with Crippen molar-refractivity contribution in [1.82, 2.24) is 19.9 Å². The van der Waals surface area contributed by atoms with E-state index >= 15 is 0 Å². The number of pyridine rings is 1. The molecular formula is C24H25N9O. The van der Waals surface area contributed by atoms with Crippen molar-refractivity contribution in [3.63, 3.8) is 0 Å². The van der Waals surface area contributed by atoms with Gasteiger partial charge in [0.05, 0.1) is 11.3 Å². The number of nitrogens with one attached hydrogen (secondary N) is 3. The molecule has 3 heterocycles. The van der Waals surface area contributed by atoms with Gasteiger partial charge in [0.2, 0.25) is 0 Å². The number of nitrogen functional groups attached to an aromatic ring is 1. The highest BCUT2D eigenvalue weighted by Crippen LogP contribution is 2.24. The Hall–Kier alpha value is -4.52. The van der Waals surface area contributed by atoms with Gasteiger partial charge in [-0.15, -0.1) is 0 Å². The first-order chi connectivity index (χ1) is 16.4. The molecule has 10 heteroatoms. The summed E-state index contributed by atoms with van der Waals surface area (Å²) >= 11 is 0. The number of carbonyl (C=O) groups excluding carboxylic acids is 1. The Labute approximate surface area is 197 Å². The molecule has 0 spiro atoms. The first-order valence-electron chi connectivity index (χ1n) is 10.9. The Morgan fingerprint density at radius 3 is 2.71 bits per heavy atom. The Morgan fingerprint density at radius 1 is 1.21 bits per heavy atom. The summed E-state index contributed by atoms with van der Waals surface area (Å²) in [5.74, 6) is 0.822. The maximum atomic E-state index is 12.6. The summed E-state index contributed by atoms with van der Waals surface area (Å²) in [6.07, 6.45) is 6.95. The van der Waals surface area contributed by atoms with Crippen LogP contribution >= 0.6 is 0 Å². The zero-order valence-corrected chi connectivity index (χ0v) is 18.7. The van der Waals surface area contributed by atoms with Gasteiger partial charge in [-0.1, -0.05) is 12.1 Å². The molecule has 0 bridgehead atoms. The minimum atomic E-state index is -0.291. The lowest BCUT2D eigenvalue weighted by molar-refractivity contribution is 0.102. The van der Waals surface area contributed by atoms with Crippen LogP contribution in [0.15, 0.2) is 48.9 Å². The van der Waals surface area contributed by atoms with Gasteiger partial charge < -0.3 is 21.3 Å². The van der Waals surface area contributed by atoms with E-state index in [1.807, 2.05) is 13.0 Å². The molecule has 172 valence electrons. The summed E-state index contributed by atoms with van der Waals surface area (Å²) in [4.78, 5) is 26.8. The Kier molecular flexibility index (Phi) is 6.64. The van der Waals surface area contributed by atoms with Gasteiger partial charge in [-0.2, -0.15) is 5.26 Å². The van der Waals surface area contributed by atoms with E-state index < -0.39 is 0 Å². The summed E-state index contributed by atoms with van der Waals surface area (Å²) < 4.78 is 0. The van der Waals surface area contributed by atoms with Gasteiger partial charge in [0, 0.05) is 36.5 Å². The second-order valence-corrected chi connectivity index (χ2v) is 8.14. The van der Waals surface area contributed by atoms with Crippen LogP contribution in [0.5, 0.6) is 0 Å². The van der Waals surface area contributed by atoms with Crippen LogP contribution in [-0.4, -0.2) is 50.6 Å². The van der Waals surface area contributed by atoms with Gasteiger partial charge in [0.15, 0.2) is 6.19 Å². The largest absolute Gasteiger partial charge is 0.383 e. The van der Waals surface area contributed by atoms with Gasteiger partial charge in [-0.25, -0.2) is 15.0 Å². The van der Waals surface area contributed by atoms with Gasteiger partial charge in [0.1, 0.15) is 23.8 Å². The number of likely N-dealkylation sites (tertiary alicyclic amines) is 1. The topological polar surface area (TPSA) is 157 Å². The fourth-order valence-corrected chi connectivity index (χ4v) is 3.86. The fourth-order valence-electron chi connectivity index (χ4n) is 3.86.